The SMILES string of the molecule is Cc1nc2ccc(-n3ncc(C(=O)C4=Cc5cc(C(=O)N6CC[C@H](F)C6)ccc5C4)c3N)cc2[nH]1. The Balaban J connectivity index is 1.26. The number of likely N-dealkylation sites (tertiary alicyclic amines) is 1. The zero-order valence-electron chi connectivity index (χ0n) is 19.1. The van der Waals surface area contributed by atoms with Gasteiger partial charge in [0.25, 0.3) is 5.91 Å². The van der Waals surface area contributed by atoms with E-state index in [9.17, 15) is 14.0 Å². The van der Waals surface area contributed by atoms with Crippen molar-refractivity contribution in [3.8, 4) is 5.69 Å². The highest BCUT2D eigenvalue weighted by Crippen LogP contribution is 2.31. The molecule has 0 spiro atoms. The highest BCUT2D eigenvalue weighted by atomic mass is 19.1. The molecule has 1 fully saturated rings. The molecular formula is C26H23FN6O2. The maximum atomic E-state index is 13.5. The van der Waals surface area contributed by atoms with E-state index in [-0.39, 0.29) is 24.1 Å². The van der Waals surface area contributed by atoms with Gasteiger partial charge in [0.2, 0.25) is 0 Å². The second-order valence-electron chi connectivity index (χ2n) is 9.11. The van der Waals surface area contributed by atoms with Gasteiger partial charge >= 0.3 is 0 Å². The quantitative estimate of drug-likeness (QED) is 0.443. The fourth-order valence-electron chi connectivity index (χ4n) is 4.87. The molecule has 0 bridgehead atoms. The predicted molar refractivity (Wildman–Crippen MR) is 130 cm³/mol. The first-order valence-corrected chi connectivity index (χ1v) is 11.5. The summed E-state index contributed by atoms with van der Waals surface area (Å²) in [6, 6.07) is 11.0. The van der Waals surface area contributed by atoms with Crippen LogP contribution in [0.15, 0.2) is 48.2 Å². The van der Waals surface area contributed by atoms with E-state index >= 15 is 0 Å². The summed E-state index contributed by atoms with van der Waals surface area (Å²) in [6.07, 6.45) is 3.14. The van der Waals surface area contributed by atoms with Crippen LogP contribution in [0.5, 0.6) is 0 Å². The number of Topliss-reactive ketones (excluding diaryl/α,β-unsaturated/α-hetero) is 1. The van der Waals surface area contributed by atoms with Gasteiger partial charge in [0.15, 0.2) is 5.78 Å². The van der Waals surface area contributed by atoms with Gasteiger partial charge in [-0.15, -0.1) is 0 Å². The Labute approximate surface area is 200 Å². The highest BCUT2D eigenvalue weighted by Gasteiger charge is 2.28. The molecule has 2 aromatic carbocycles. The van der Waals surface area contributed by atoms with Gasteiger partial charge in [-0.1, -0.05) is 6.07 Å². The van der Waals surface area contributed by atoms with Gasteiger partial charge in [-0.05, 0) is 60.9 Å². The van der Waals surface area contributed by atoms with Crippen LogP contribution in [0.3, 0.4) is 0 Å². The molecule has 1 amide bonds. The number of carbonyl (C=O) groups is 2. The maximum Gasteiger partial charge on any atom is 0.253 e. The molecule has 3 heterocycles. The van der Waals surface area contributed by atoms with Crippen LogP contribution in [0.2, 0.25) is 0 Å². The Hall–Kier alpha value is -4.27. The first-order valence-electron chi connectivity index (χ1n) is 11.5. The predicted octanol–water partition coefficient (Wildman–Crippen LogP) is 3.65. The molecule has 6 rings (SSSR count). The summed E-state index contributed by atoms with van der Waals surface area (Å²) in [6.45, 7) is 2.44. The molecule has 9 heteroatoms. The number of aryl methyl sites for hydroxylation is 1. The number of carbonyl (C=O) groups excluding carboxylic acids is 2. The number of nitrogens with one attached hydrogen (secondary N) is 1. The number of aromatic nitrogens is 4. The standard InChI is InChI=1S/C26H23FN6O2/c1-14-30-22-5-4-20(11-23(22)31-14)33-25(28)21(12-29-33)24(34)18-8-15-2-3-16(9-17(15)10-18)26(35)32-7-6-19(27)13-32/h2-5,9-12,19H,6-8,13,28H2,1H3,(H,30,31)/t19-/m0/s1. The van der Waals surface area contributed by atoms with Crippen LogP contribution >= 0.6 is 0 Å². The Morgan fingerprint density at radius 1 is 1.20 bits per heavy atom. The Morgan fingerprint density at radius 3 is 2.86 bits per heavy atom. The molecule has 2 aliphatic rings. The van der Waals surface area contributed by atoms with Crippen LogP contribution in [-0.2, 0) is 6.42 Å². The molecule has 0 unspecified atom stereocenters. The lowest BCUT2D eigenvalue weighted by molar-refractivity contribution is 0.0782. The minimum absolute atomic E-state index is 0.131. The van der Waals surface area contributed by atoms with Crippen LogP contribution in [0.25, 0.3) is 22.8 Å². The van der Waals surface area contributed by atoms with E-state index in [0.29, 0.717) is 36.1 Å². The number of nitrogen functional groups attached to an aromatic ring is 1. The zero-order valence-corrected chi connectivity index (χ0v) is 19.1. The Kier molecular flexibility index (Phi) is 4.80. The van der Waals surface area contributed by atoms with Gasteiger partial charge in [-0.25, -0.2) is 14.1 Å². The van der Waals surface area contributed by atoms with Crippen molar-refractivity contribution in [2.24, 2.45) is 0 Å². The molecule has 1 atom stereocenters. The van der Waals surface area contributed by atoms with Crippen molar-refractivity contribution < 1.29 is 14.0 Å². The average Bonchev–Trinajstić information content (AvgIpc) is 3.62. The van der Waals surface area contributed by atoms with E-state index in [1.807, 2.05) is 31.2 Å². The van der Waals surface area contributed by atoms with Crippen molar-refractivity contribution in [3.63, 3.8) is 0 Å². The molecule has 1 aliphatic heterocycles. The van der Waals surface area contributed by atoms with Gasteiger partial charge in [-0.3, -0.25) is 9.59 Å². The smallest absolute Gasteiger partial charge is 0.253 e. The lowest BCUT2D eigenvalue weighted by Gasteiger charge is -2.15. The van der Waals surface area contributed by atoms with E-state index in [4.69, 9.17) is 5.73 Å². The molecule has 1 aliphatic carbocycles. The minimum atomic E-state index is -0.964. The van der Waals surface area contributed by atoms with Crippen LogP contribution in [0.1, 0.15) is 44.1 Å². The number of fused-ring (bicyclic) bond motifs is 2. The summed E-state index contributed by atoms with van der Waals surface area (Å²) in [5.74, 6) is 0.686. The number of amides is 1. The summed E-state index contributed by atoms with van der Waals surface area (Å²) in [4.78, 5) is 35.2. The number of hydrogen-bond donors (Lipinski definition) is 2. The van der Waals surface area contributed by atoms with E-state index < -0.39 is 6.17 Å². The molecule has 2 aromatic heterocycles. The number of aromatic amines is 1. The molecule has 4 aromatic rings. The summed E-state index contributed by atoms with van der Waals surface area (Å²) < 4.78 is 15.1. The number of nitrogens with two attached hydrogens (primary N) is 1. The van der Waals surface area contributed by atoms with Gasteiger partial charge in [0, 0.05) is 24.1 Å². The molecule has 176 valence electrons. The third-order valence-electron chi connectivity index (χ3n) is 6.69. The van der Waals surface area contributed by atoms with Crippen LogP contribution in [-0.4, -0.2) is 55.6 Å². The van der Waals surface area contributed by atoms with E-state index in [1.54, 1.807) is 18.2 Å². The second kappa shape index (κ2) is 7.90. The van der Waals surface area contributed by atoms with Crippen molar-refractivity contribution in [2.75, 3.05) is 18.8 Å². The summed E-state index contributed by atoms with van der Waals surface area (Å²) in [7, 11) is 0. The number of ketones is 1. The maximum absolute atomic E-state index is 13.5. The average molecular weight is 471 g/mol. The fourth-order valence-corrected chi connectivity index (χ4v) is 4.87. The number of allylic oxidation sites excluding steroid dienone is 1. The first-order chi connectivity index (χ1) is 16.9. The Morgan fingerprint density at radius 2 is 2.06 bits per heavy atom. The molecule has 0 saturated carbocycles. The monoisotopic (exact) mass is 470 g/mol. The number of nitrogens with zero attached hydrogens (tertiary/aromatic N) is 4. The number of imidazole rings is 1. The number of rotatable bonds is 4. The summed E-state index contributed by atoms with van der Waals surface area (Å²) in [5.41, 5.74) is 12.0. The van der Waals surface area contributed by atoms with Crippen LogP contribution in [0, 0.1) is 6.92 Å². The molecular weight excluding hydrogens is 447 g/mol. The third-order valence-corrected chi connectivity index (χ3v) is 6.69. The van der Waals surface area contributed by atoms with Crippen LogP contribution < -0.4 is 5.73 Å². The number of hydrogen-bond acceptors (Lipinski definition) is 5. The summed E-state index contributed by atoms with van der Waals surface area (Å²) >= 11 is 0. The van der Waals surface area contributed by atoms with E-state index in [0.717, 1.165) is 33.7 Å². The number of anilines is 1. The molecule has 3 N–H and O–H groups in total. The fraction of sp³-hybridized carbons (Fsp3) is 0.231. The highest BCUT2D eigenvalue weighted by molar-refractivity contribution is 6.15. The zero-order chi connectivity index (χ0) is 24.3. The number of benzene rings is 2. The van der Waals surface area contributed by atoms with Gasteiger partial charge in [0.05, 0.1) is 35.0 Å². The lowest BCUT2D eigenvalue weighted by Crippen LogP contribution is -2.28. The largest absolute Gasteiger partial charge is 0.383 e. The first kappa shape index (κ1) is 21.3. The minimum Gasteiger partial charge on any atom is -0.383 e. The third kappa shape index (κ3) is 3.60. The number of H-pyrrole nitrogens is 1. The lowest BCUT2D eigenvalue weighted by atomic mass is 10.0. The van der Waals surface area contributed by atoms with E-state index in [1.165, 1.54) is 15.8 Å². The van der Waals surface area contributed by atoms with E-state index in [2.05, 4.69) is 15.1 Å². The van der Waals surface area contributed by atoms with Crippen molar-refractivity contribution in [1.29, 1.82) is 0 Å². The van der Waals surface area contributed by atoms with Crippen molar-refractivity contribution >= 4 is 34.6 Å². The van der Waals surface area contributed by atoms with Crippen molar-refractivity contribution in [3.05, 3.63) is 76.2 Å². The topological polar surface area (TPSA) is 110 Å². The number of alkyl halides is 1. The van der Waals surface area contributed by atoms with Crippen molar-refractivity contribution in [2.45, 2.75) is 25.9 Å². The molecule has 1 saturated heterocycles. The normalized spacial score (nSPS) is 17.1. The van der Waals surface area contributed by atoms with Gasteiger partial charge < -0.3 is 15.6 Å². The van der Waals surface area contributed by atoms with Crippen molar-refractivity contribution in [1.82, 2.24) is 24.6 Å². The molecule has 35 heavy (non-hydrogen) atoms. The van der Waals surface area contributed by atoms with Crippen LogP contribution in [0.4, 0.5) is 10.2 Å². The number of halogens is 1. The molecule has 8 nitrogen and oxygen atoms in total. The van der Waals surface area contributed by atoms with Gasteiger partial charge in [0.1, 0.15) is 17.8 Å². The Bertz CT molecular complexity index is 1550. The summed E-state index contributed by atoms with van der Waals surface area (Å²) in [5, 5.41) is 4.36. The van der Waals surface area contributed by atoms with Gasteiger partial charge in [-0.2, -0.15) is 5.10 Å². The molecule has 0 radical (unpaired) electrons. The second-order valence-corrected chi connectivity index (χ2v) is 9.11.